The zero-order valence-electron chi connectivity index (χ0n) is 20.3. The zero-order valence-corrected chi connectivity index (χ0v) is 20.3. The number of nitrogens with one attached hydrogen (secondary N) is 1. The van der Waals surface area contributed by atoms with Crippen molar-refractivity contribution in [2.75, 3.05) is 20.3 Å². The van der Waals surface area contributed by atoms with Crippen molar-refractivity contribution in [3.8, 4) is 0 Å². The van der Waals surface area contributed by atoms with Gasteiger partial charge in [0.05, 0.1) is 23.7 Å². The van der Waals surface area contributed by atoms with E-state index in [1.54, 1.807) is 6.92 Å². The number of ketones is 1. The number of allylic oxidation sites excluding steroid dienone is 1. The highest BCUT2D eigenvalue weighted by Gasteiger charge is 2.64. The lowest BCUT2D eigenvalue weighted by molar-refractivity contribution is -0.160. The highest BCUT2D eigenvalue weighted by Crippen LogP contribution is 2.63. The Morgan fingerprint density at radius 2 is 2.00 bits per heavy atom. The summed E-state index contributed by atoms with van der Waals surface area (Å²) in [4.78, 5) is 38.9. The Hall–Kier alpha value is -2.65. The molecule has 186 valence electrons. The van der Waals surface area contributed by atoms with Gasteiger partial charge in [-0.3, -0.25) is 9.59 Å². The fourth-order valence-electron chi connectivity index (χ4n) is 6.49. The van der Waals surface area contributed by atoms with Gasteiger partial charge in [0.25, 0.3) is 0 Å². The Morgan fingerprint density at radius 3 is 2.62 bits per heavy atom. The number of Topliss-reactive ketones (excluding diaryl/α,β-unsaturated/α-hetero) is 1. The van der Waals surface area contributed by atoms with Crippen molar-refractivity contribution in [2.45, 2.75) is 65.3 Å². The number of esters is 2. The molecule has 2 fully saturated rings. The van der Waals surface area contributed by atoms with Crippen LogP contribution in [0.2, 0.25) is 0 Å². The molecule has 6 atom stereocenters. The van der Waals surface area contributed by atoms with Gasteiger partial charge >= 0.3 is 11.9 Å². The summed E-state index contributed by atoms with van der Waals surface area (Å²) < 4.78 is 16.9. The fraction of sp³-hybridized carbons (Fsp3) is 0.640. The Kier molecular flexibility index (Phi) is 6.14. The SMILES string of the molecule is CCN/C=C1\C(=O)O[C@H](COC)[C@@]2(C)C1=C(O)C(=O)C1=C2[C@H](OC(C)=O)C[C@@]2(C)C1CC[C@@H]2O. The van der Waals surface area contributed by atoms with Gasteiger partial charge in [0.2, 0.25) is 5.78 Å². The summed E-state index contributed by atoms with van der Waals surface area (Å²) >= 11 is 0. The standard InChI is InChI=1S/C25H33NO8/c1-6-26-10-13-19-22(30)21(29)18-14-7-8-16(28)24(14,3)9-15(33-12(2)27)20(18)25(19,4)17(11-32-5)34-23(13)31/h10,14-17,26,28,30H,6-9,11H2,1-5H3/b13-10-/t14?,15-,16+,17-,24+,25+/m1/s1. The van der Waals surface area contributed by atoms with Crippen molar-refractivity contribution in [1.82, 2.24) is 5.32 Å². The first-order chi connectivity index (χ1) is 16.0. The predicted molar refractivity (Wildman–Crippen MR) is 120 cm³/mol. The van der Waals surface area contributed by atoms with E-state index >= 15 is 0 Å². The van der Waals surface area contributed by atoms with Crippen molar-refractivity contribution >= 4 is 17.7 Å². The summed E-state index contributed by atoms with van der Waals surface area (Å²) in [5.74, 6) is -2.66. The van der Waals surface area contributed by atoms with Crippen LogP contribution in [-0.4, -0.2) is 66.5 Å². The molecule has 0 aromatic rings. The summed E-state index contributed by atoms with van der Waals surface area (Å²) in [5, 5.41) is 25.1. The summed E-state index contributed by atoms with van der Waals surface area (Å²) in [5.41, 5.74) is -0.817. The average Bonchev–Trinajstić information content (AvgIpc) is 3.06. The van der Waals surface area contributed by atoms with E-state index in [4.69, 9.17) is 14.2 Å². The molecule has 3 aliphatic carbocycles. The first-order valence-corrected chi connectivity index (χ1v) is 11.7. The number of hydrogen-bond donors (Lipinski definition) is 3. The van der Waals surface area contributed by atoms with Crippen LogP contribution < -0.4 is 5.32 Å². The van der Waals surface area contributed by atoms with E-state index in [0.717, 1.165) is 0 Å². The predicted octanol–water partition coefficient (Wildman–Crippen LogP) is 1.86. The fourth-order valence-corrected chi connectivity index (χ4v) is 6.49. The second kappa shape index (κ2) is 8.53. The lowest BCUT2D eigenvalue weighted by Crippen LogP contribution is -2.57. The van der Waals surface area contributed by atoms with E-state index in [-0.39, 0.29) is 23.7 Å². The van der Waals surface area contributed by atoms with E-state index in [1.165, 1.54) is 20.2 Å². The minimum Gasteiger partial charge on any atom is -0.504 e. The van der Waals surface area contributed by atoms with E-state index in [0.29, 0.717) is 37.0 Å². The van der Waals surface area contributed by atoms with Crippen LogP contribution in [-0.2, 0) is 28.6 Å². The molecule has 0 bridgehead atoms. The first-order valence-electron chi connectivity index (χ1n) is 11.7. The number of aliphatic hydroxyl groups is 2. The molecular formula is C25H33NO8. The number of cyclic esters (lactones) is 1. The molecule has 0 spiro atoms. The number of fused-ring (bicyclic) bond motifs is 4. The maximum Gasteiger partial charge on any atom is 0.340 e. The lowest BCUT2D eigenvalue weighted by Gasteiger charge is -2.54. The maximum absolute atomic E-state index is 13.8. The Balaban J connectivity index is 2.02. The molecule has 1 heterocycles. The highest BCUT2D eigenvalue weighted by atomic mass is 16.6. The molecule has 34 heavy (non-hydrogen) atoms. The van der Waals surface area contributed by atoms with Crippen LogP contribution in [0.5, 0.6) is 0 Å². The highest BCUT2D eigenvalue weighted by molar-refractivity contribution is 6.13. The Labute approximate surface area is 198 Å². The number of hydrogen-bond acceptors (Lipinski definition) is 9. The topological polar surface area (TPSA) is 131 Å². The van der Waals surface area contributed by atoms with E-state index < -0.39 is 52.6 Å². The van der Waals surface area contributed by atoms with Gasteiger partial charge in [0.1, 0.15) is 12.2 Å². The van der Waals surface area contributed by atoms with E-state index in [9.17, 15) is 24.6 Å². The van der Waals surface area contributed by atoms with Crippen LogP contribution >= 0.6 is 0 Å². The molecule has 0 amide bonds. The molecule has 1 unspecified atom stereocenters. The molecule has 1 saturated heterocycles. The zero-order chi connectivity index (χ0) is 25.0. The molecule has 0 aromatic heterocycles. The van der Waals surface area contributed by atoms with Gasteiger partial charge in [-0.05, 0) is 44.6 Å². The third-order valence-corrected chi connectivity index (χ3v) is 8.11. The van der Waals surface area contributed by atoms with Crippen LogP contribution in [0.25, 0.3) is 0 Å². The third kappa shape index (κ3) is 3.32. The van der Waals surface area contributed by atoms with Crippen LogP contribution in [0, 0.1) is 16.7 Å². The Morgan fingerprint density at radius 1 is 1.29 bits per heavy atom. The van der Waals surface area contributed by atoms with Gasteiger partial charge in [0, 0.05) is 43.3 Å². The second-order valence-electron chi connectivity index (χ2n) is 10.0. The largest absolute Gasteiger partial charge is 0.504 e. The molecule has 0 aromatic carbocycles. The molecule has 9 nitrogen and oxygen atoms in total. The second-order valence-corrected chi connectivity index (χ2v) is 10.0. The van der Waals surface area contributed by atoms with Crippen LogP contribution in [0.4, 0.5) is 0 Å². The number of carbonyl (C=O) groups excluding carboxylic acids is 3. The van der Waals surface area contributed by atoms with Crippen LogP contribution in [0.3, 0.4) is 0 Å². The summed E-state index contributed by atoms with van der Waals surface area (Å²) in [6.45, 7) is 7.36. The van der Waals surface area contributed by atoms with Crippen molar-refractivity contribution in [1.29, 1.82) is 0 Å². The van der Waals surface area contributed by atoms with Crippen molar-refractivity contribution in [2.24, 2.45) is 16.7 Å². The molecule has 0 radical (unpaired) electrons. The van der Waals surface area contributed by atoms with Gasteiger partial charge in [-0.2, -0.15) is 0 Å². The van der Waals surface area contributed by atoms with Gasteiger partial charge in [-0.1, -0.05) is 6.92 Å². The first kappa shape index (κ1) is 24.5. The number of rotatable bonds is 5. The molecule has 3 N–H and O–H groups in total. The molecular weight excluding hydrogens is 442 g/mol. The maximum atomic E-state index is 13.8. The van der Waals surface area contributed by atoms with Gasteiger partial charge in [-0.25, -0.2) is 4.79 Å². The average molecular weight is 476 g/mol. The minimum atomic E-state index is -1.19. The van der Waals surface area contributed by atoms with Crippen molar-refractivity contribution in [3.63, 3.8) is 0 Å². The van der Waals surface area contributed by atoms with Gasteiger partial charge in [-0.15, -0.1) is 0 Å². The van der Waals surface area contributed by atoms with Gasteiger partial charge < -0.3 is 29.7 Å². The van der Waals surface area contributed by atoms with E-state index in [1.807, 2.05) is 13.8 Å². The van der Waals surface area contributed by atoms with Crippen molar-refractivity contribution in [3.05, 3.63) is 34.3 Å². The number of methoxy groups -OCH3 is 1. The Bertz CT molecular complexity index is 1030. The number of ether oxygens (including phenoxy) is 3. The quantitative estimate of drug-likeness (QED) is 0.403. The summed E-state index contributed by atoms with van der Waals surface area (Å²) in [6.07, 6.45) is 0.426. The molecule has 4 rings (SSSR count). The van der Waals surface area contributed by atoms with Crippen LogP contribution in [0.15, 0.2) is 34.3 Å². The third-order valence-electron chi connectivity index (χ3n) is 8.11. The molecule has 4 aliphatic rings. The number of aliphatic hydroxyl groups excluding tert-OH is 2. The summed E-state index contributed by atoms with van der Waals surface area (Å²) in [6, 6.07) is 0. The monoisotopic (exact) mass is 475 g/mol. The molecule has 9 heteroatoms. The number of carbonyl (C=O) groups is 3. The normalized spacial score (nSPS) is 38.4. The smallest absolute Gasteiger partial charge is 0.340 e. The van der Waals surface area contributed by atoms with Gasteiger partial charge in [0.15, 0.2) is 5.76 Å². The molecule has 1 saturated carbocycles. The van der Waals surface area contributed by atoms with Crippen LogP contribution in [0.1, 0.15) is 47.0 Å². The summed E-state index contributed by atoms with van der Waals surface area (Å²) in [7, 11) is 1.47. The lowest BCUT2D eigenvalue weighted by atomic mass is 9.53. The molecule has 1 aliphatic heterocycles. The van der Waals surface area contributed by atoms with E-state index in [2.05, 4.69) is 5.32 Å². The van der Waals surface area contributed by atoms with Crippen molar-refractivity contribution < 1.29 is 38.8 Å². The minimum absolute atomic E-state index is 0.00975.